The van der Waals surface area contributed by atoms with Gasteiger partial charge in [0.05, 0.1) is 5.25 Å². The molecule has 0 saturated carbocycles. The van der Waals surface area contributed by atoms with Crippen LogP contribution in [0.15, 0.2) is 59.5 Å². The quantitative estimate of drug-likeness (QED) is 0.686. The molecule has 2 aromatic carbocycles. The average molecular weight is 299 g/mol. The van der Waals surface area contributed by atoms with E-state index >= 15 is 0 Å². The molecule has 0 amide bonds. The van der Waals surface area contributed by atoms with E-state index in [0.717, 1.165) is 0 Å². The molecular weight excluding hydrogens is 282 g/mol. The van der Waals surface area contributed by atoms with Crippen LogP contribution in [0.2, 0.25) is 0 Å². The highest BCUT2D eigenvalue weighted by atomic mass is 32.2. The summed E-state index contributed by atoms with van der Waals surface area (Å²) in [5.41, 5.74) is 5.96. The van der Waals surface area contributed by atoms with Crippen molar-refractivity contribution in [3.8, 4) is 0 Å². The zero-order chi connectivity index (χ0) is 13.9. The second-order valence-electron chi connectivity index (χ2n) is 4.80. The molecule has 0 fully saturated rings. The molecule has 102 valence electrons. The Morgan fingerprint density at radius 2 is 1.85 bits per heavy atom. The third kappa shape index (κ3) is 2.90. The smallest absolute Gasteiger partial charge is 0.0560 e. The SMILES string of the molecule is Cc1ccc(C(CN)Sc2ccc3ccccc3c2)s1. The Bertz CT molecular complexity index is 718. The summed E-state index contributed by atoms with van der Waals surface area (Å²) in [6, 6.07) is 19.5. The first kappa shape index (κ1) is 13.7. The topological polar surface area (TPSA) is 26.0 Å². The first-order chi connectivity index (χ1) is 9.76. The van der Waals surface area contributed by atoms with E-state index in [9.17, 15) is 0 Å². The van der Waals surface area contributed by atoms with Crippen LogP contribution in [-0.2, 0) is 0 Å². The number of nitrogens with two attached hydrogens (primary N) is 1. The monoisotopic (exact) mass is 299 g/mol. The number of thioether (sulfide) groups is 1. The zero-order valence-corrected chi connectivity index (χ0v) is 13.0. The van der Waals surface area contributed by atoms with Crippen LogP contribution in [0.25, 0.3) is 10.8 Å². The van der Waals surface area contributed by atoms with Crippen molar-refractivity contribution >= 4 is 33.9 Å². The summed E-state index contributed by atoms with van der Waals surface area (Å²) in [6.07, 6.45) is 0. The summed E-state index contributed by atoms with van der Waals surface area (Å²) in [6.45, 7) is 2.81. The minimum absolute atomic E-state index is 0.342. The molecule has 3 rings (SSSR count). The maximum atomic E-state index is 5.96. The van der Waals surface area contributed by atoms with E-state index in [2.05, 4.69) is 61.5 Å². The van der Waals surface area contributed by atoms with Crippen LogP contribution >= 0.6 is 23.1 Å². The van der Waals surface area contributed by atoms with Crippen LogP contribution in [-0.4, -0.2) is 6.54 Å². The fourth-order valence-electron chi connectivity index (χ4n) is 2.25. The summed E-state index contributed by atoms with van der Waals surface area (Å²) in [7, 11) is 0. The number of hydrogen-bond acceptors (Lipinski definition) is 3. The number of hydrogen-bond donors (Lipinski definition) is 1. The van der Waals surface area contributed by atoms with Gasteiger partial charge in [0.15, 0.2) is 0 Å². The van der Waals surface area contributed by atoms with E-state index in [1.165, 1.54) is 25.4 Å². The van der Waals surface area contributed by atoms with Gasteiger partial charge in [0.2, 0.25) is 0 Å². The molecule has 0 spiro atoms. The van der Waals surface area contributed by atoms with Gasteiger partial charge in [0.1, 0.15) is 0 Å². The molecule has 1 atom stereocenters. The van der Waals surface area contributed by atoms with Gasteiger partial charge >= 0.3 is 0 Å². The molecule has 20 heavy (non-hydrogen) atoms. The van der Waals surface area contributed by atoms with Gasteiger partial charge in [-0.05, 0) is 42.0 Å². The molecule has 0 aliphatic rings. The van der Waals surface area contributed by atoms with Crippen molar-refractivity contribution < 1.29 is 0 Å². The van der Waals surface area contributed by atoms with Gasteiger partial charge in [0.25, 0.3) is 0 Å². The van der Waals surface area contributed by atoms with Gasteiger partial charge in [-0.25, -0.2) is 0 Å². The van der Waals surface area contributed by atoms with Crippen LogP contribution in [0.3, 0.4) is 0 Å². The Balaban J connectivity index is 1.87. The lowest BCUT2D eigenvalue weighted by molar-refractivity contribution is 0.960. The van der Waals surface area contributed by atoms with Crippen molar-refractivity contribution in [2.75, 3.05) is 6.54 Å². The highest BCUT2D eigenvalue weighted by Gasteiger charge is 2.13. The van der Waals surface area contributed by atoms with E-state index in [1.54, 1.807) is 0 Å². The van der Waals surface area contributed by atoms with Crippen molar-refractivity contribution in [3.05, 3.63) is 64.4 Å². The van der Waals surface area contributed by atoms with Gasteiger partial charge < -0.3 is 5.73 Å². The Kier molecular flexibility index (Phi) is 4.10. The minimum Gasteiger partial charge on any atom is -0.329 e. The van der Waals surface area contributed by atoms with Crippen LogP contribution in [0.1, 0.15) is 15.0 Å². The van der Waals surface area contributed by atoms with E-state index < -0.39 is 0 Å². The van der Waals surface area contributed by atoms with Crippen molar-refractivity contribution in [1.82, 2.24) is 0 Å². The Labute approximate surface area is 127 Å². The number of benzene rings is 2. The normalized spacial score (nSPS) is 12.7. The van der Waals surface area contributed by atoms with E-state index in [1.807, 2.05) is 23.1 Å². The van der Waals surface area contributed by atoms with Crippen LogP contribution in [0.5, 0.6) is 0 Å². The largest absolute Gasteiger partial charge is 0.329 e. The lowest BCUT2D eigenvalue weighted by Gasteiger charge is -2.13. The van der Waals surface area contributed by atoms with Crippen LogP contribution in [0.4, 0.5) is 0 Å². The molecule has 3 aromatic rings. The van der Waals surface area contributed by atoms with Gasteiger partial charge in [0, 0.05) is 21.2 Å². The Morgan fingerprint density at radius 3 is 2.55 bits per heavy atom. The van der Waals surface area contributed by atoms with Crippen molar-refractivity contribution in [2.24, 2.45) is 5.73 Å². The lowest BCUT2D eigenvalue weighted by Crippen LogP contribution is -2.07. The number of aryl methyl sites for hydroxylation is 1. The molecule has 2 N–H and O–H groups in total. The maximum absolute atomic E-state index is 5.96. The molecule has 3 heteroatoms. The molecule has 1 nitrogen and oxygen atoms in total. The van der Waals surface area contributed by atoms with Crippen LogP contribution < -0.4 is 5.73 Å². The molecular formula is C17H17NS2. The first-order valence-corrected chi connectivity index (χ1v) is 8.38. The van der Waals surface area contributed by atoms with Gasteiger partial charge in [-0.1, -0.05) is 30.3 Å². The van der Waals surface area contributed by atoms with Crippen molar-refractivity contribution in [1.29, 1.82) is 0 Å². The number of rotatable bonds is 4. The molecule has 1 unspecified atom stereocenters. The summed E-state index contributed by atoms with van der Waals surface area (Å²) < 4.78 is 0. The third-order valence-electron chi connectivity index (χ3n) is 3.29. The van der Waals surface area contributed by atoms with E-state index in [0.29, 0.717) is 11.8 Å². The summed E-state index contributed by atoms with van der Waals surface area (Å²) in [5, 5.41) is 2.92. The van der Waals surface area contributed by atoms with Gasteiger partial charge in [-0.15, -0.1) is 23.1 Å². The predicted octanol–water partition coefficient (Wildman–Crippen LogP) is 5.00. The average Bonchev–Trinajstić information content (AvgIpc) is 2.91. The fourth-order valence-corrected chi connectivity index (χ4v) is 4.38. The molecule has 0 aliphatic carbocycles. The summed E-state index contributed by atoms with van der Waals surface area (Å²) >= 11 is 3.70. The Morgan fingerprint density at radius 1 is 1.05 bits per heavy atom. The second kappa shape index (κ2) is 6.00. The standard InChI is InChI=1S/C17H17NS2/c1-12-6-9-16(19-12)17(11-18)20-15-8-7-13-4-2-3-5-14(13)10-15/h2-10,17H,11,18H2,1H3. The first-order valence-electron chi connectivity index (χ1n) is 6.68. The Hall–Kier alpha value is -1.29. The third-order valence-corrected chi connectivity index (χ3v) is 5.81. The van der Waals surface area contributed by atoms with E-state index in [-0.39, 0.29) is 0 Å². The molecule has 1 aromatic heterocycles. The maximum Gasteiger partial charge on any atom is 0.0560 e. The predicted molar refractivity (Wildman–Crippen MR) is 90.7 cm³/mol. The zero-order valence-electron chi connectivity index (χ0n) is 11.4. The second-order valence-corrected chi connectivity index (χ2v) is 7.40. The summed E-state index contributed by atoms with van der Waals surface area (Å²) in [4.78, 5) is 3.99. The molecule has 0 bridgehead atoms. The van der Waals surface area contributed by atoms with E-state index in [4.69, 9.17) is 5.73 Å². The van der Waals surface area contributed by atoms with Crippen molar-refractivity contribution in [3.63, 3.8) is 0 Å². The minimum atomic E-state index is 0.342. The molecule has 0 radical (unpaired) electrons. The highest BCUT2D eigenvalue weighted by Crippen LogP contribution is 2.38. The summed E-state index contributed by atoms with van der Waals surface area (Å²) in [5.74, 6) is 0. The van der Waals surface area contributed by atoms with Gasteiger partial charge in [-0.3, -0.25) is 0 Å². The lowest BCUT2D eigenvalue weighted by atomic mass is 10.1. The van der Waals surface area contributed by atoms with Gasteiger partial charge in [-0.2, -0.15) is 0 Å². The molecule has 0 aliphatic heterocycles. The van der Waals surface area contributed by atoms with Crippen LogP contribution in [0, 0.1) is 6.92 Å². The number of thiophene rings is 1. The highest BCUT2D eigenvalue weighted by molar-refractivity contribution is 7.99. The van der Waals surface area contributed by atoms with Crippen molar-refractivity contribution in [2.45, 2.75) is 17.1 Å². The fraction of sp³-hybridized carbons (Fsp3) is 0.176. The number of fused-ring (bicyclic) bond motifs is 1. The molecule has 1 heterocycles. The molecule has 0 saturated heterocycles.